The first-order chi connectivity index (χ1) is 11.5. The molecule has 0 spiro atoms. The lowest BCUT2D eigenvalue weighted by Gasteiger charge is -2.21. The van der Waals surface area contributed by atoms with Gasteiger partial charge in [-0.2, -0.15) is 0 Å². The highest BCUT2D eigenvalue weighted by Gasteiger charge is 2.41. The molecule has 2 aliphatic rings. The smallest absolute Gasteiger partial charge is 0.227 e. The van der Waals surface area contributed by atoms with Gasteiger partial charge in [0.15, 0.2) is 11.9 Å². The van der Waals surface area contributed by atoms with Crippen LogP contribution in [0.3, 0.4) is 0 Å². The molecule has 7 nitrogen and oxygen atoms in total. The Hall–Kier alpha value is -2.57. The Labute approximate surface area is 140 Å². The molecule has 0 aliphatic carbocycles. The Morgan fingerprint density at radius 2 is 2.17 bits per heavy atom. The van der Waals surface area contributed by atoms with Gasteiger partial charge in [0.1, 0.15) is 5.75 Å². The lowest BCUT2D eigenvalue weighted by molar-refractivity contribution is -0.125. The SMILES string of the molecule is Cn1c(C2Cc3ccccc3O2)nnc1N1CCC(C)(C(N)=O)C1. The predicted octanol–water partition coefficient (Wildman–Crippen LogP) is 1.19. The molecular weight excluding hydrogens is 306 g/mol. The molecule has 0 radical (unpaired) electrons. The van der Waals surface area contributed by atoms with Crippen LogP contribution in [0.15, 0.2) is 24.3 Å². The molecule has 7 heteroatoms. The first-order valence-corrected chi connectivity index (χ1v) is 8.17. The molecule has 2 N–H and O–H groups in total. The van der Waals surface area contributed by atoms with Crippen LogP contribution in [0, 0.1) is 5.41 Å². The van der Waals surface area contributed by atoms with Crippen LogP contribution in [0.2, 0.25) is 0 Å². The number of carbonyl (C=O) groups excluding carboxylic acids is 1. The minimum atomic E-state index is -0.508. The molecule has 3 heterocycles. The third-order valence-electron chi connectivity index (χ3n) is 5.17. The van der Waals surface area contributed by atoms with Crippen LogP contribution in [-0.2, 0) is 18.3 Å². The van der Waals surface area contributed by atoms with E-state index in [1.54, 1.807) is 0 Å². The molecule has 1 aromatic heterocycles. The summed E-state index contributed by atoms with van der Waals surface area (Å²) in [5.74, 6) is 2.21. The molecule has 2 aliphatic heterocycles. The van der Waals surface area contributed by atoms with Gasteiger partial charge in [-0.15, -0.1) is 10.2 Å². The minimum Gasteiger partial charge on any atom is -0.482 e. The van der Waals surface area contributed by atoms with Crippen molar-refractivity contribution in [3.8, 4) is 5.75 Å². The van der Waals surface area contributed by atoms with Crippen LogP contribution in [0.1, 0.15) is 30.8 Å². The predicted molar refractivity (Wildman–Crippen MR) is 88.6 cm³/mol. The van der Waals surface area contributed by atoms with E-state index >= 15 is 0 Å². The molecule has 1 aromatic carbocycles. The van der Waals surface area contributed by atoms with Crippen LogP contribution >= 0.6 is 0 Å². The number of primary amides is 1. The maximum absolute atomic E-state index is 11.7. The number of carbonyl (C=O) groups is 1. The zero-order valence-electron chi connectivity index (χ0n) is 13.9. The van der Waals surface area contributed by atoms with Gasteiger partial charge >= 0.3 is 0 Å². The number of hydrogen-bond donors (Lipinski definition) is 1. The molecule has 2 aromatic rings. The number of amides is 1. The van der Waals surface area contributed by atoms with Gasteiger partial charge in [0.2, 0.25) is 11.9 Å². The number of benzene rings is 1. The van der Waals surface area contributed by atoms with Crippen LogP contribution < -0.4 is 15.4 Å². The summed E-state index contributed by atoms with van der Waals surface area (Å²) in [5, 5.41) is 8.68. The maximum atomic E-state index is 11.7. The van der Waals surface area contributed by atoms with Gasteiger partial charge in [-0.1, -0.05) is 18.2 Å². The van der Waals surface area contributed by atoms with E-state index < -0.39 is 5.41 Å². The van der Waals surface area contributed by atoms with Gasteiger partial charge in [-0.25, -0.2) is 0 Å². The quantitative estimate of drug-likeness (QED) is 0.915. The van der Waals surface area contributed by atoms with Gasteiger partial charge in [0.25, 0.3) is 0 Å². The van der Waals surface area contributed by atoms with Gasteiger partial charge in [0.05, 0.1) is 5.41 Å². The van der Waals surface area contributed by atoms with E-state index in [4.69, 9.17) is 10.5 Å². The second kappa shape index (κ2) is 5.22. The van der Waals surface area contributed by atoms with Crippen molar-refractivity contribution in [3.63, 3.8) is 0 Å². The first kappa shape index (κ1) is 15.0. The van der Waals surface area contributed by atoms with E-state index in [1.165, 1.54) is 5.56 Å². The van der Waals surface area contributed by atoms with Crippen LogP contribution in [0.5, 0.6) is 5.75 Å². The number of hydrogen-bond acceptors (Lipinski definition) is 5. The van der Waals surface area contributed by atoms with E-state index in [0.29, 0.717) is 6.54 Å². The second-order valence-electron chi connectivity index (χ2n) is 6.93. The van der Waals surface area contributed by atoms with Crippen molar-refractivity contribution in [3.05, 3.63) is 35.7 Å². The van der Waals surface area contributed by atoms with Gasteiger partial charge in [-0.05, 0) is 25.0 Å². The standard InChI is InChI=1S/C17H21N5O2/c1-17(15(18)23)7-8-22(10-17)16-20-19-14(21(16)2)13-9-11-5-3-4-6-12(11)24-13/h3-6,13H,7-10H2,1-2H3,(H2,18,23). The molecule has 0 saturated carbocycles. The normalized spacial score (nSPS) is 25.6. The highest BCUT2D eigenvalue weighted by molar-refractivity contribution is 5.81. The number of aromatic nitrogens is 3. The van der Waals surface area contributed by atoms with Crippen molar-refractivity contribution in [2.75, 3.05) is 18.0 Å². The van der Waals surface area contributed by atoms with E-state index in [1.807, 2.05) is 36.7 Å². The molecule has 2 atom stereocenters. The van der Waals surface area contributed by atoms with Crippen molar-refractivity contribution in [2.24, 2.45) is 18.2 Å². The maximum Gasteiger partial charge on any atom is 0.227 e. The number of anilines is 1. The molecule has 24 heavy (non-hydrogen) atoms. The summed E-state index contributed by atoms with van der Waals surface area (Å²) >= 11 is 0. The fourth-order valence-electron chi connectivity index (χ4n) is 3.55. The highest BCUT2D eigenvalue weighted by atomic mass is 16.5. The zero-order valence-corrected chi connectivity index (χ0v) is 13.9. The topological polar surface area (TPSA) is 86.3 Å². The Bertz CT molecular complexity index is 777. The molecule has 1 amide bonds. The zero-order chi connectivity index (χ0) is 16.9. The second-order valence-corrected chi connectivity index (χ2v) is 6.93. The number of nitrogens with two attached hydrogens (primary N) is 1. The Morgan fingerprint density at radius 1 is 1.38 bits per heavy atom. The van der Waals surface area contributed by atoms with E-state index in [2.05, 4.69) is 21.2 Å². The van der Waals surface area contributed by atoms with Gasteiger partial charge in [-0.3, -0.25) is 9.36 Å². The lowest BCUT2D eigenvalue weighted by atomic mass is 9.89. The Morgan fingerprint density at radius 3 is 2.88 bits per heavy atom. The van der Waals surface area contributed by atoms with E-state index in [-0.39, 0.29) is 12.0 Å². The Kier molecular flexibility index (Phi) is 3.26. The Balaban J connectivity index is 1.56. The highest BCUT2D eigenvalue weighted by Crippen LogP contribution is 2.37. The largest absolute Gasteiger partial charge is 0.482 e. The average molecular weight is 327 g/mol. The number of ether oxygens (including phenoxy) is 1. The minimum absolute atomic E-state index is 0.126. The van der Waals surface area contributed by atoms with Crippen molar-refractivity contribution in [2.45, 2.75) is 25.9 Å². The van der Waals surface area contributed by atoms with Crippen molar-refractivity contribution >= 4 is 11.9 Å². The fourth-order valence-corrected chi connectivity index (χ4v) is 3.55. The molecule has 126 valence electrons. The molecule has 1 fully saturated rings. The summed E-state index contributed by atoms with van der Waals surface area (Å²) < 4.78 is 7.97. The fraction of sp³-hybridized carbons (Fsp3) is 0.471. The lowest BCUT2D eigenvalue weighted by Crippen LogP contribution is -2.37. The van der Waals surface area contributed by atoms with Crippen molar-refractivity contribution in [1.82, 2.24) is 14.8 Å². The summed E-state index contributed by atoms with van der Waals surface area (Å²) in [6.07, 6.45) is 1.40. The monoisotopic (exact) mass is 327 g/mol. The number of fused-ring (bicyclic) bond motifs is 1. The van der Waals surface area contributed by atoms with Crippen molar-refractivity contribution < 1.29 is 9.53 Å². The molecule has 2 unspecified atom stereocenters. The van der Waals surface area contributed by atoms with Gasteiger partial charge < -0.3 is 15.4 Å². The van der Waals surface area contributed by atoms with E-state index in [0.717, 1.165) is 36.9 Å². The summed E-state index contributed by atoms with van der Waals surface area (Å²) in [6.45, 7) is 3.22. The molecule has 1 saturated heterocycles. The average Bonchev–Trinajstić information content (AvgIpc) is 3.23. The number of nitrogens with zero attached hydrogens (tertiary/aromatic N) is 4. The van der Waals surface area contributed by atoms with Crippen LogP contribution in [0.25, 0.3) is 0 Å². The third-order valence-corrected chi connectivity index (χ3v) is 5.17. The molecular formula is C17H21N5O2. The van der Waals surface area contributed by atoms with Crippen LogP contribution in [0.4, 0.5) is 5.95 Å². The van der Waals surface area contributed by atoms with Crippen molar-refractivity contribution in [1.29, 1.82) is 0 Å². The summed E-state index contributed by atoms with van der Waals surface area (Å²) in [6, 6.07) is 8.04. The first-order valence-electron chi connectivity index (χ1n) is 8.17. The summed E-state index contributed by atoms with van der Waals surface area (Å²) in [4.78, 5) is 13.7. The van der Waals surface area contributed by atoms with Crippen LogP contribution in [-0.4, -0.2) is 33.8 Å². The number of para-hydroxylation sites is 1. The van der Waals surface area contributed by atoms with E-state index in [9.17, 15) is 4.79 Å². The molecule has 0 bridgehead atoms. The molecule has 4 rings (SSSR count). The van der Waals surface area contributed by atoms with Gasteiger partial charge in [0, 0.05) is 26.6 Å². The third kappa shape index (κ3) is 2.23. The number of rotatable bonds is 3. The summed E-state index contributed by atoms with van der Waals surface area (Å²) in [7, 11) is 1.94. The summed E-state index contributed by atoms with van der Waals surface area (Å²) in [5.41, 5.74) is 6.22.